The third-order valence-corrected chi connectivity index (χ3v) is 3.53. The number of benzene rings is 2. The summed E-state index contributed by atoms with van der Waals surface area (Å²) in [6.07, 6.45) is 2.51. The minimum atomic E-state index is -0.885. The molecule has 0 aliphatic carbocycles. The first-order chi connectivity index (χ1) is 9.66. The third kappa shape index (κ3) is 2.17. The van der Waals surface area contributed by atoms with Crippen LogP contribution in [0.3, 0.4) is 0 Å². The number of nitrogens with zero attached hydrogens (tertiary/aromatic N) is 1. The van der Waals surface area contributed by atoms with Gasteiger partial charge in [-0.25, -0.2) is 4.39 Å². The van der Waals surface area contributed by atoms with Crippen LogP contribution < -0.4 is 0 Å². The molecule has 1 heterocycles. The van der Waals surface area contributed by atoms with Crippen LogP contribution >= 0.6 is 0 Å². The van der Waals surface area contributed by atoms with Gasteiger partial charge in [-0.2, -0.15) is 0 Å². The second-order valence-electron chi connectivity index (χ2n) is 4.85. The topological polar surface area (TPSA) is 33.1 Å². The molecule has 1 aromatic heterocycles. The van der Waals surface area contributed by atoms with E-state index in [4.69, 9.17) is 0 Å². The Hall–Kier alpha value is -2.26. The summed E-state index contributed by atoms with van der Waals surface area (Å²) >= 11 is 0. The summed E-state index contributed by atoms with van der Waals surface area (Å²) in [5.41, 5.74) is 2.12. The van der Waals surface area contributed by atoms with Crippen molar-refractivity contribution in [3.05, 3.63) is 77.4 Å². The maximum atomic E-state index is 13.4. The largest absolute Gasteiger partial charge is 0.384 e. The molecule has 0 saturated heterocycles. The number of aromatic nitrogens is 1. The molecule has 1 N–H and O–H groups in total. The number of hydrogen-bond donors (Lipinski definition) is 1. The molecule has 2 aromatic carbocycles. The zero-order valence-corrected chi connectivity index (χ0v) is 11.0. The van der Waals surface area contributed by atoms with Crippen molar-refractivity contribution in [2.75, 3.05) is 0 Å². The molecule has 0 spiro atoms. The van der Waals surface area contributed by atoms with E-state index in [-0.39, 0.29) is 5.82 Å². The normalized spacial score (nSPS) is 12.6. The molecular weight excluding hydrogens is 253 g/mol. The number of aliphatic hydroxyl groups excluding tert-OH is 1. The van der Waals surface area contributed by atoms with E-state index in [0.717, 1.165) is 16.3 Å². The molecule has 3 aromatic rings. The highest BCUT2D eigenvalue weighted by molar-refractivity contribution is 5.85. The lowest BCUT2D eigenvalue weighted by Gasteiger charge is -2.16. The van der Waals surface area contributed by atoms with Gasteiger partial charge in [0.05, 0.1) is 0 Å². The smallest absolute Gasteiger partial charge is 0.123 e. The van der Waals surface area contributed by atoms with Gasteiger partial charge in [-0.1, -0.05) is 30.3 Å². The molecule has 0 aliphatic rings. The lowest BCUT2D eigenvalue weighted by molar-refractivity contribution is 0.220. The molecule has 2 nitrogen and oxygen atoms in total. The summed E-state index contributed by atoms with van der Waals surface area (Å²) in [7, 11) is 0. The fourth-order valence-electron chi connectivity index (χ4n) is 2.43. The average Bonchev–Trinajstić information content (AvgIpc) is 2.48. The predicted octanol–water partition coefficient (Wildman–Crippen LogP) is 3.76. The van der Waals surface area contributed by atoms with Crippen LogP contribution in [0.2, 0.25) is 0 Å². The van der Waals surface area contributed by atoms with Gasteiger partial charge in [-0.15, -0.1) is 0 Å². The summed E-state index contributed by atoms with van der Waals surface area (Å²) in [6.45, 7) is 1.86. The number of hydrogen-bond acceptors (Lipinski definition) is 2. The number of rotatable bonds is 2. The molecule has 0 radical (unpaired) electrons. The molecule has 1 atom stereocenters. The molecule has 1 unspecified atom stereocenters. The van der Waals surface area contributed by atoms with Gasteiger partial charge in [0.25, 0.3) is 0 Å². The standard InChI is InChI=1S/C17H14FNO/c1-11-6-7-13(18)8-15(11)17(20)16-10-19-9-12-4-2-3-5-14(12)16/h2-10,17,20H,1H3. The molecule has 0 saturated carbocycles. The highest BCUT2D eigenvalue weighted by Gasteiger charge is 2.16. The van der Waals surface area contributed by atoms with Crippen molar-refractivity contribution in [1.82, 2.24) is 4.98 Å². The van der Waals surface area contributed by atoms with Crippen LogP contribution in [0.1, 0.15) is 22.8 Å². The van der Waals surface area contributed by atoms with E-state index in [1.165, 1.54) is 12.1 Å². The van der Waals surface area contributed by atoms with E-state index < -0.39 is 6.10 Å². The molecule has 3 rings (SSSR count). The Labute approximate surface area is 116 Å². The Balaban J connectivity index is 2.17. The molecule has 0 fully saturated rings. The number of aryl methyl sites for hydroxylation is 1. The van der Waals surface area contributed by atoms with Gasteiger partial charge in [0.2, 0.25) is 0 Å². The third-order valence-electron chi connectivity index (χ3n) is 3.53. The second-order valence-corrected chi connectivity index (χ2v) is 4.85. The minimum Gasteiger partial charge on any atom is -0.384 e. The number of fused-ring (bicyclic) bond motifs is 1. The van der Waals surface area contributed by atoms with Crippen molar-refractivity contribution in [1.29, 1.82) is 0 Å². The van der Waals surface area contributed by atoms with Crippen LogP contribution in [0, 0.1) is 12.7 Å². The fraction of sp³-hybridized carbons (Fsp3) is 0.118. The maximum absolute atomic E-state index is 13.4. The van der Waals surface area contributed by atoms with E-state index in [0.29, 0.717) is 11.1 Å². The lowest BCUT2D eigenvalue weighted by Crippen LogP contribution is -2.04. The SMILES string of the molecule is Cc1ccc(F)cc1C(O)c1cncc2ccccc12. The van der Waals surface area contributed by atoms with Gasteiger partial charge in [0.1, 0.15) is 11.9 Å². The van der Waals surface area contributed by atoms with Gasteiger partial charge < -0.3 is 5.11 Å². The van der Waals surface area contributed by atoms with Gasteiger partial charge >= 0.3 is 0 Å². The van der Waals surface area contributed by atoms with E-state index in [9.17, 15) is 9.50 Å². The Morgan fingerprint density at radius 1 is 1.05 bits per heavy atom. The predicted molar refractivity (Wildman–Crippen MR) is 76.9 cm³/mol. The first kappa shape index (κ1) is 12.8. The summed E-state index contributed by atoms with van der Waals surface area (Å²) in [6, 6.07) is 12.2. The molecule has 0 aliphatic heterocycles. The summed E-state index contributed by atoms with van der Waals surface area (Å²) < 4.78 is 13.4. The molecular formula is C17H14FNO. The zero-order chi connectivity index (χ0) is 14.1. The first-order valence-corrected chi connectivity index (χ1v) is 6.43. The average molecular weight is 267 g/mol. The summed E-state index contributed by atoms with van der Waals surface area (Å²) in [4.78, 5) is 4.16. The first-order valence-electron chi connectivity index (χ1n) is 6.43. The lowest BCUT2D eigenvalue weighted by atomic mass is 9.95. The quantitative estimate of drug-likeness (QED) is 0.766. The molecule has 0 amide bonds. The van der Waals surface area contributed by atoms with Crippen LogP contribution in [0.4, 0.5) is 4.39 Å². The van der Waals surface area contributed by atoms with Crippen LogP contribution in [0.25, 0.3) is 10.8 Å². The molecule has 0 bridgehead atoms. The molecule has 100 valence electrons. The van der Waals surface area contributed by atoms with Crippen molar-refractivity contribution in [3.8, 4) is 0 Å². The minimum absolute atomic E-state index is 0.349. The van der Waals surface area contributed by atoms with E-state index in [2.05, 4.69) is 4.98 Å². The Morgan fingerprint density at radius 2 is 1.85 bits per heavy atom. The van der Waals surface area contributed by atoms with Crippen LogP contribution in [0.5, 0.6) is 0 Å². The number of aliphatic hydroxyl groups is 1. The zero-order valence-electron chi connectivity index (χ0n) is 11.0. The van der Waals surface area contributed by atoms with E-state index in [1.54, 1.807) is 18.5 Å². The van der Waals surface area contributed by atoms with Crippen molar-refractivity contribution >= 4 is 10.8 Å². The van der Waals surface area contributed by atoms with Crippen molar-refractivity contribution < 1.29 is 9.50 Å². The van der Waals surface area contributed by atoms with E-state index >= 15 is 0 Å². The monoisotopic (exact) mass is 267 g/mol. The maximum Gasteiger partial charge on any atom is 0.123 e. The van der Waals surface area contributed by atoms with Gasteiger partial charge in [-0.05, 0) is 35.6 Å². The van der Waals surface area contributed by atoms with Crippen LogP contribution in [-0.2, 0) is 0 Å². The number of pyridine rings is 1. The highest BCUT2D eigenvalue weighted by atomic mass is 19.1. The molecule has 20 heavy (non-hydrogen) atoms. The van der Waals surface area contributed by atoms with Crippen molar-refractivity contribution in [2.45, 2.75) is 13.0 Å². The summed E-state index contributed by atoms with van der Waals surface area (Å²) in [5.74, 6) is -0.349. The van der Waals surface area contributed by atoms with Crippen LogP contribution in [-0.4, -0.2) is 10.1 Å². The highest BCUT2D eigenvalue weighted by Crippen LogP contribution is 2.30. The van der Waals surface area contributed by atoms with Crippen molar-refractivity contribution in [3.63, 3.8) is 0 Å². The van der Waals surface area contributed by atoms with Gasteiger partial charge in [0.15, 0.2) is 0 Å². The van der Waals surface area contributed by atoms with Gasteiger partial charge in [-0.3, -0.25) is 4.98 Å². The summed E-state index contributed by atoms with van der Waals surface area (Å²) in [5, 5.41) is 12.5. The Morgan fingerprint density at radius 3 is 2.70 bits per heavy atom. The second kappa shape index (κ2) is 5.02. The molecule has 3 heteroatoms. The van der Waals surface area contributed by atoms with E-state index in [1.807, 2.05) is 31.2 Å². The Bertz CT molecular complexity index is 765. The number of halogens is 1. The van der Waals surface area contributed by atoms with Gasteiger partial charge in [0, 0.05) is 23.3 Å². The Kier molecular flexibility index (Phi) is 3.20. The van der Waals surface area contributed by atoms with Crippen LogP contribution in [0.15, 0.2) is 54.9 Å². The fourth-order valence-corrected chi connectivity index (χ4v) is 2.43. The van der Waals surface area contributed by atoms with Crippen molar-refractivity contribution in [2.24, 2.45) is 0 Å².